The van der Waals surface area contributed by atoms with Crippen molar-refractivity contribution in [2.45, 2.75) is 57.8 Å². The minimum atomic E-state index is -5.08. The van der Waals surface area contributed by atoms with E-state index in [1.165, 1.54) is 11.1 Å². The van der Waals surface area contributed by atoms with Crippen molar-refractivity contribution in [3.05, 3.63) is 64.6 Å². The number of halogens is 3. The maximum atomic E-state index is 12.9. The van der Waals surface area contributed by atoms with Crippen LogP contribution in [0.3, 0.4) is 0 Å². The van der Waals surface area contributed by atoms with E-state index >= 15 is 0 Å². The fraction of sp³-hybridized carbons (Fsp3) is 0.391. The van der Waals surface area contributed by atoms with Crippen LogP contribution in [0.1, 0.15) is 66.0 Å². The first-order chi connectivity index (χ1) is 15.8. The number of carbonyl (C=O) groups is 2. The van der Waals surface area contributed by atoms with Crippen molar-refractivity contribution in [3.63, 3.8) is 0 Å². The van der Waals surface area contributed by atoms with Crippen molar-refractivity contribution in [3.8, 4) is 0 Å². The largest absolute Gasteiger partial charge is 0.490 e. The lowest BCUT2D eigenvalue weighted by atomic mass is 9.92. The van der Waals surface area contributed by atoms with Crippen LogP contribution in [0.5, 0.6) is 0 Å². The molecule has 8 nitrogen and oxygen atoms in total. The molecule has 0 fully saturated rings. The van der Waals surface area contributed by atoms with E-state index in [1.807, 2.05) is 12.1 Å². The third-order valence-corrected chi connectivity index (χ3v) is 5.48. The van der Waals surface area contributed by atoms with Crippen LogP contribution in [0.4, 0.5) is 13.2 Å². The zero-order valence-electron chi connectivity index (χ0n) is 19.0. The number of hydrogen-bond acceptors (Lipinski definition) is 5. The predicted octanol–water partition coefficient (Wildman–Crippen LogP) is 3.54. The zero-order valence-corrected chi connectivity index (χ0v) is 19.0. The summed E-state index contributed by atoms with van der Waals surface area (Å²) in [7, 11) is 0. The molecule has 1 aromatic carbocycles. The van der Waals surface area contributed by atoms with Crippen molar-refractivity contribution < 1.29 is 27.9 Å². The van der Waals surface area contributed by atoms with Crippen molar-refractivity contribution in [2.24, 2.45) is 5.73 Å². The van der Waals surface area contributed by atoms with Crippen molar-refractivity contribution >= 4 is 17.5 Å². The number of hydrogen-bond donors (Lipinski definition) is 3. The second-order valence-electron chi connectivity index (χ2n) is 8.98. The van der Waals surface area contributed by atoms with Gasteiger partial charge in [0.1, 0.15) is 5.56 Å². The van der Waals surface area contributed by atoms with Gasteiger partial charge in [-0.25, -0.2) is 14.3 Å². The molecule has 182 valence electrons. The molecule has 1 aliphatic carbocycles. The number of benzene rings is 1. The fourth-order valence-electron chi connectivity index (χ4n) is 3.80. The zero-order chi connectivity index (χ0) is 25.3. The number of carboxylic acid groups (broad SMARTS) is 1. The van der Waals surface area contributed by atoms with Crippen LogP contribution in [-0.4, -0.2) is 37.8 Å². The van der Waals surface area contributed by atoms with Gasteiger partial charge in [-0.15, -0.1) is 0 Å². The van der Waals surface area contributed by atoms with E-state index in [0.717, 1.165) is 24.1 Å². The summed E-state index contributed by atoms with van der Waals surface area (Å²) >= 11 is 0. The number of nitrogens with zero attached hydrogens (tertiary/aromatic N) is 3. The maximum absolute atomic E-state index is 12.9. The first kappa shape index (κ1) is 25.2. The molecule has 0 aliphatic heterocycles. The lowest BCUT2D eigenvalue weighted by Gasteiger charge is -2.19. The molecule has 0 saturated carbocycles. The number of amides is 1. The van der Waals surface area contributed by atoms with Crippen LogP contribution < -0.4 is 11.1 Å². The highest BCUT2D eigenvalue weighted by molar-refractivity contribution is 5.99. The molecule has 0 saturated heterocycles. The number of aliphatic carboxylic acids is 1. The van der Waals surface area contributed by atoms with Crippen molar-refractivity contribution in [2.75, 3.05) is 0 Å². The monoisotopic (exact) mass is 477 g/mol. The van der Waals surface area contributed by atoms with Gasteiger partial charge in [0.05, 0.1) is 17.9 Å². The van der Waals surface area contributed by atoms with Gasteiger partial charge in [0.25, 0.3) is 5.91 Å². The SMILES string of the molecule is CC(C)(C)c1ccnc2c(C(=O)NC3CCc4cc(CN)ccc43)cnn12.O=C(O)C(F)(F)F. The standard InChI is InChI=1S/C21H25N5O.C2HF3O2/c1-21(2,3)18-8-9-23-19-16(12-24-26(18)19)20(27)25-17-7-5-14-10-13(11-22)4-6-15(14)17;3-2(4,5)1(6)7/h4,6,8-10,12,17H,5,7,11,22H2,1-3H3,(H,25,27);(H,6,7). The quantitative estimate of drug-likeness (QED) is 0.530. The van der Waals surface area contributed by atoms with Gasteiger partial charge in [-0.1, -0.05) is 39.0 Å². The van der Waals surface area contributed by atoms with Gasteiger partial charge >= 0.3 is 12.1 Å². The summed E-state index contributed by atoms with van der Waals surface area (Å²) in [6, 6.07) is 8.23. The Morgan fingerprint density at radius 1 is 1.24 bits per heavy atom. The molecule has 4 rings (SSSR count). The number of aryl methyl sites for hydroxylation is 1. The molecule has 1 unspecified atom stereocenters. The molecule has 1 aliphatic rings. The molecule has 4 N–H and O–H groups in total. The Bertz CT molecular complexity index is 1210. The summed E-state index contributed by atoms with van der Waals surface area (Å²) in [5.41, 5.74) is 11.3. The summed E-state index contributed by atoms with van der Waals surface area (Å²) in [5, 5.41) is 14.7. The highest BCUT2D eigenvalue weighted by Crippen LogP contribution is 2.32. The smallest absolute Gasteiger partial charge is 0.475 e. The van der Waals surface area contributed by atoms with Gasteiger partial charge in [-0.05, 0) is 35.6 Å². The molecule has 0 bridgehead atoms. The Morgan fingerprint density at radius 2 is 1.91 bits per heavy atom. The van der Waals surface area contributed by atoms with Crippen LogP contribution >= 0.6 is 0 Å². The Hall–Kier alpha value is -3.47. The Morgan fingerprint density at radius 3 is 2.50 bits per heavy atom. The lowest BCUT2D eigenvalue weighted by Crippen LogP contribution is -2.27. The summed E-state index contributed by atoms with van der Waals surface area (Å²) in [5.74, 6) is -2.89. The molecule has 0 spiro atoms. The molecule has 34 heavy (non-hydrogen) atoms. The molecule has 0 radical (unpaired) electrons. The first-order valence-corrected chi connectivity index (χ1v) is 10.6. The molecular weight excluding hydrogens is 451 g/mol. The summed E-state index contributed by atoms with van der Waals surface area (Å²) in [4.78, 5) is 26.2. The second kappa shape index (κ2) is 9.41. The number of carboxylic acids is 1. The lowest BCUT2D eigenvalue weighted by molar-refractivity contribution is -0.192. The van der Waals surface area contributed by atoms with Crippen LogP contribution in [0.2, 0.25) is 0 Å². The minimum Gasteiger partial charge on any atom is -0.475 e. The molecular formula is C23H26F3N5O3. The molecule has 11 heteroatoms. The Labute approximate surface area is 194 Å². The second-order valence-corrected chi connectivity index (χ2v) is 8.98. The van der Waals surface area contributed by atoms with Gasteiger partial charge in [0.15, 0.2) is 5.65 Å². The topological polar surface area (TPSA) is 123 Å². The number of fused-ring (bicyclic) bond motifs is 2. The minimum absolute atomic E-state index is 0.0140. The molecule has 2 aromatic heterocycles. The number of nitrogens with one attached hydrogen (secondary N) is 1. The summed E-state index contributed by atoms with van der Waals surface area (Å²) in [6.45, 7) is 6.89. The maximum Gasteiger partial charge on any atom is 0.490 e. The van der Waals surface area contributed by atoms with Gasteiger partial charge in [-0.2, -0.15) is 18.3 Å². The van der Waals surface area contributed by atoms with E-state index in [2.05, 4.69) is 48.3 Å². The Balaban J connectivity index is 0.000000406. The highest BCUT2D eigenvalue weighted by Gasteiger charge is 2.38. The van der Waals surface area contributed by atoms with Crippen LogP contribution in [0.15, 0.2) is 36.7 Å². The van der Waals surface area contributed by atoms with Crippen LogP contribution in [0, 0.1) is 0 Å². The van der Waals surface area contributed by atoms with Crippen molar-refractivity contribution in [1.29, 1.82) is 0 Å². The predicted molar refractivity (Wildman–Crippen MR) is 118 cm³/mol. The van der Waals surface area contributed by atoms with Crippen LogP contribution in [0.25, 0.3) is 5.65 Å². The fourth-order valence-corrected chi connectivity index (χ4v) is 3.80. The average molecular weight is 477 g/mol. The Kier molecular flexibility index (Phi) is 6.97. The van der Waals surface area contributed by atoms with E-state index in [9.17, 15) is 18.0 Å². The first-order valence-electron chi connectivity index (χ1n) is 10.6. The highest BCUT2D eigenvalue weighted by atomic mass is 19.4. The van der Waals surface area contributed by atoms with E-state index in [1.54, 1.807) is 16.9 Å². The summed E-state index contributed by atoms with van der Waals surface area (Å²) < 4.78 is 33.5. The van der Waals surface area contributed by atoms with Crippen molar-refractivity contribution in [1.82, 2.24) is 19.9 Å². The summed E-state index contributed by atoms with van der Waals surface area (Å²) in [6.07, 6.45) is 0.123. The molecule has 3 aromatic rings. The van der Waals surface area contributed by atoms with E-state index in [-0.39, 0.29) is 17.4 Å². The van der Waals surface area contributed by atoms with Gasteiger partial charge in [0, 0.05) is 18.2 Å². The number of alkyl halides is 3. The number of nitrogens with two attached hydrogens (primary N) is 1. The third-order valence-electron chi connectivity index (χ3n) is 5.48. The van der Waals surface area contributed by atoms with E-state index in [0.29, 0.717) is 17.8 Å². The molecule has 2 heterocycles. The average Bonchev–Trinajstić information content (AvgIpc) is 3.36. The number of carbonyl (C=O) groups excluding carboxylic acids is 1. The van der Waals surface area contributed by atoms with E-state index < -0.39 is 12.1 Å². The number of rotatable bonds is 3. The molecule has 1 atom stereocenters. The van der Waals surface area contributed by atoms with Gasteiger partial charge in [-0.3, -0.25) is 4.79 Å². The van der Waals surface area contributed by atoms with Gasteiger partial charge in [0.2, 0.25) is 0 Å². The van der Waals surface area contributed by atoms with Crippen LogP contribution in [-0.2, 0) is 23.2 Å². The third kappa shape index (κ3) is 5.36. The van der Waals surface area contributed by atoms with Gasteiger partial charge < -0.3 is 16.2 Å². The number of aromatic nitrogens is 3. The normalized spacial score (nSPS) is 15.4. The van der Waals surface area contributed by atoms with E-state index in [4.69, 9.17) is 15.6 Å². The molecule has 1 amide bonds.